The topological polar surface area (TPSA) is 58.1 Å². The van der Waals surface area contributed by atoms with E-state index in [1.165, 1.54) is 0 Å². The van der Waals surface area contributed by atoms with Crippen LogP contribution in [0.2, 0.25) is 5.15 Å². The minimum Gasteiger partial charge on any atom is -0.367 e. The molecule has 0 unspecified atom stereocenters. The van der Waals surface area contributed by atoms with Crippen molar-refractivity contribution in [1.82, 2.24) is 14.9 Å². The molecule has 5 nitrogen and oxygen atoms in total. The van der Waals surface area contributed by atoms with Gasteiger partial charge in [0.05, 0.1) is 0 Å². The number of piperidine rings is 1. The van der Waals surface area contributed by atoms with Gasteiger partial charge in [-0.25, -0.2) is 9.97 Å². The van der Waals surface area contributed by atoms with Crippen LogP contribution in [-0.4, -0.2) is 39.9 Å². The number of nitrogens with one attached hydrogen (secondary N) is 1. The van der Waals surface area contributed by atoms with Crippen molar-refractivity contribution in [3.8, 4) is 0 Å². The first-order valence-corrected chi connectivity index (χ1v) is 7.40. The van der Waals surface area contributed by atoms with Crippen LogP contribution in [0.25, 0.3) is 0 Å². The molecular weight excluding hydrogens is 276 g/mol. The molecule has 0 aliphatic carbocycles. The molecule has 0 spiro atoms. The highest BCUT2D eigenvalue weighted by Gasteiger charge is 2.24. The summed E-state index contributed by atoms with van der Waals surface area (Å²) in [5.74, 6) is 1.73. The van der Waals surface area contributed by atoms with Gasteiger partial charge >= 0.3 is 0 Å². The molecule has 1 aromatic rings. The van der Waals surface area contributed by atoms with Crippen LogP contribution in [0.3, 0.4) is 0 Å². The van der Waals surface area contributed by atoms with E-state index in [1.807, 2.05) is 25.7 Å². The second kappa shape index (κ2) is 6.39. The number of hydrogen-bond acceptors (Lipinski definition) is 4. The van der Waals surface area contributed by atoms with Gasteiger partial charge in [-0.2, -0.15) is 0 Å². The molecule has 1 aliphatic heterocycles. The Labute approximate surface area is 124 Å². The highest BCUT2D eigenvalue weighted by atomic mass is 35.5. The van der Waals surface area contributed by atoms with E-state index in [2.05, 4.69) is 15.3 Å². The van der Waals surface area contributed by atoms with Gasteiger partial charge in [0.2, 0.25) is 5.91 Å². The van der Waals surface area contributed by atoms with Crippen LogP contribution < -0.4 is 5.32 Å². The number of hydrogen-bond donors (Lipinski definition) is 1. The van der Waals surface area contributed by atoms with Crippen molar-refractivity contribution in [1.29, 1.82) is 0 Å². The quantitative estimate of drug-likeness (QED) is 0.871. The number of aromatic nitrogens is 2. The lowest BCUT2D eigenvalue weighted by molar-refractivity contribution is -0.135. The number of aryl methyl sites for hydroxylation is 1. The predicted octanol–water partition coefficient (Wildman–Crippen LogP) is 2.50. The molecule has 1 aromatic heterocycles. The number of amides is 1. The molecule has 20 heavy (non-hydrogen) atoms. The second-order valence-electron chi connectivity index (χ2n) is 5.52. The Balaban J connectivity index is 1.90. The molecule has 1 fully saturated rings. The number of halogens is 1. The summed E-state index contributed by atoms with van der Waals surface area (Å²) in [5, 5.41) is 3.83. The Morgan fingerprint density at radius 3 is 2.60 bits per heavy atom. The smallest absolute Gasteiger partial charge is 0.225 e. The lowest BCUT2D eigenvalue weighted by Crippen LogP contribution is -2.44. The number of rotatable bonds is 3. The fraction of sp³-hybridized carbons (Fsp3) is 0.643. The van der Waals surface area contributed by atoms with Gasteiger partial charge in [0.15, 0.2) is 0 Å². The summed E-state index contributed by atoms with van der Waals surface area (Å²) in [5.41, 5.74) is 0. The lowest BCUT2D eigenvalue weighted by Gasteiger charge is -2.33. The van der Waals surface area contributed by atoms with Gasteiger partial charge in [0.1, 0.15) is 16.8 Å². The molecule has 0 aromatic carbocycles. The third-order valence-electron chi connectivity index (χ3n) is 3.46. The Hall–Kier alpha value is -1.36. The highest BCUT2D eigenvalue weighted by molar-refractivity contribution is 6.29. The maximum absolute atomic E-state index is 11.9. The molecule has 1 saturated heterocycles. The molecule has 1 N–H and O–H groups in total. The van der Waals surface area contributed by atoms with Crippen molar-refractivity contribution in [3.05, 3.63) is 17.0 Å². The maximum Gasteiger partial charge on any atom is 0.225 e. The summed E-state index contributed by atoms with van der Waals surface area (Å²) >= 11 is 5.92. The summed E-state index contributed by atoms with van der Waals surface area (Å²) in [6, 6.07) is 2.07. The van der Waals surface area contributed by atoms with Gasteiger partial charge in [-0.05, 0) is 19.8 Å². The van der Waals surface area contributed by atoms with E-state index >= 15 is 0 Å². The lowest BCUT2D eigenvalue weighted by atomic mass is 10.0. The van der Waals surface area contributed by atoms with Crippen LogP contribution in [0.1, 0.15) is 32.5 Å². The first-order chi connectivity index (χ1) is 9.45. The van der Waals surface area contributed by atoms with Crippen molar-refractivity contribution < 1.29 is 4.79 Å². The average Bonchev–Trinajstić information content (AvgIpc) is 2.37. The van der Waals surface area contributed by atoms with Crippen molar-refractivity contribution in [2.24, 2.45) is 5.92 Å². The van der Waals surface area contributed by atoms with Gasteiger partial charge in [-0.3, -0.25) is 4.79 Å². The van der Waals surface area contributed by atoms with Gasteiger partial charge in [-0.1, -0.05) is 25.4 Å². The SMILES string of the molecule is Cc1nc(Cl)cc(NC2CCN(C(=O)C(C)C)CC2)n1. The molecule has 2 heterocycles. The largest absolute Gasteiger partial charge is 0.367 e. The van der Waals surface area contributed by atoms with E-state index < -0.39 is 0 Å². The number of likely N-dealkylation sites (tertiary alicyclic amines) is 1. The molecular formula is C14H21ClN4O. The van der Waals surface area contributed by atoms with E-state index in [-0.39, 0.29) is 11.8 Å². The summed E-state index contributed by atoms with van der Waals surface area (Å²) in [6.45, 7) is 7.30. The normalized spacial score (nSPS) is 16.6. The fourth-order valence-electron chi connectivity index (χ4n) is 2.42. The Bertz CT molecular complexity index is 464. The summed E-state index contributed by atoms with van der Waals surface area (Å²) in [6.07, 6.45) is 1.86. The maximum atomic E-state index is 11.9. The van der Waals surface area contributed by atoms with E-state index in [1.54, 1.807) is 6.07 Å². The minimum absolute atomic E-state index is 0.0721. The zero-order chi connectivity index (χ0) is 14.7. The average molecular weight is 297 g/mol. The van der Waals surface area contributed by atoms with Crippen molar-refractivity contribution >= 4 is 23.3 Å². The molecule has 6 heteroatoms. The van der Waals surface area contributed by atoms with Crippen LogP contribution in [0, 0.1) is 12.8 Å². The zero-order valence-corrected chi connectivity index (χ0v) is 12.9. The molecule has 110 valence electrons. The van der Waals surface area contributed by atoms with E-state index in [0.29, 0.717) is 17.0 Å². The summed E-state index contributed by atoms with van der Waals surface area (Å²) in [7, 11) is 0. The number of nitrogens with zero attached hydrogens (tertiary/aromatic N) is 3. The second-order valence-corrected chi connectivity index (χ2v) is 5.91. The van der Waals surface area contributed by atoms with E-state index in [0.717, 1.165) is 31.7 Å². The van der Waals surface area contributed by atoms with E-state index in [9.17, 15) is 4.79 Å². The molecule has 1 amide bonds. The third kappa shape index (κ3) is 3.82. The first-order valence-electron chi connectivity index (χ1n) is 7.02. The number of carbonyl (C=O) groups excluding carboxylic acids is 1. The summed E-state index contributed by atoms with van der Waals surface area (Å²) in [4.78, 5) is 22.2. The molecule has 1 aliphatic rings. The summed E-state index contributed by atoms with van der Waals surface area (Å²) < 4.78 is 0. The van der Waals surface area contributed by atoms with Gasteiger partial charge in [0.25, 0.3) is 0 Å². The minimum atomic E-state index is 0.0721. The number of anilines is 1. The number of carbonyl (C=O) groups is 1. The Kier molecular flexibility index (Phi) is 4.81. The Morgan fingerprint density at radius 1 is 1.40 bits per heavy atom. The first kappa shape index (κ1) is 15.0. The standard InChI is InChI=1S/C14H21ClN4O/c1-9(2)14(20)19-6-4-11(5-7-19)18-13-8-12(15)16-10(3)17-13/h8-9,11H,4-7H2,1-3H3,(H,16,17,18). The molecule has 0 bridgehead atoms. The van der Waals surface area contributed by atoms with E-state index in [4.69, 9.17) is 11.6 Å². The van der Waals surface area contributed by atoms with Gasteiger partial charge in [0, 0.05) is 31.1 Å². The molecule has 0 saturated carbocycles. The van der Waals surface area contributed by atoms with Crippen LogP contribution in [-0.2, 0) is 4.79 Å². The highest BCUT2D eigenvalue weighted by Crippen LogP contribution is 2.18. The van der Waals surface area contributed by atoms with Crippen molar-refractivity contribution in [3.63, 3.8) is 0 Å². The van der Waals surface area contributed by atoms with Crippen LogP contribution in [0.5, 0.6) is 0 Å². The van der Waals surface area contributed by atoms with Crippen LogP contribution >= 0.6 is 11.6 Å². The third-order valence-corrected chi connectivity index (χ3v) is 3.65. The van der Waals surface area contributed by atoms with Crippen LogP contribution in [0.15, 0.2) is 6.07 Å². The monoisotopic (exact) mass is 296 g/mol. The molecule has 0 atom stereocenters. The molecule has 0 radical (unpaired) electrons. The Morgan fingerprint density at radius 2 is 2.05 bits per heavy atom. The predicted molar refractivity (Wildman–Crippen MR) is 79.8 cm³/mol. The fourth-order valence-corrected chi connectivity index (χ4v) is 2.65. The van der Waals surface area contributed by atoms with Crippen molar-refractivity contribution in [2.75, 3.05) is 18.4 Å². The van der Waals surface area contributed by atoms with Gasteiger partial charge < -0.3 is 10.2 Å². The zero-order valence-electron chi connectivity index (χ0n) is 12.2. The van der Waals surface area contributed by atoms with Crippen molar-refractivity contribution in [2.45, 2.75) is 39.7 Å². The van der Waals surface area contributed by atoms with Gasteiger partial charge in [-0.15, -0.1) is 0 Å². The van der Waals surface area contributed by atoms with Crippen LogP contribution in [0.4, 0.5) is 5.82 Å². The molecule has 2 rings (SSSR count).